The van der Waals surface area contributed by atoms with Crippen LogP contribution in [0, 0.1) is 0 Å². The van der Waals surface area contributed by atoms with E-state index in [1.165, 1.54) is 0 Å². The predicted molar refractivity (Wildman–Crippen MR) is 129 cm³/mol. The minimum absolute atomic E-state index is 0.119. The van der Waals surface area contributed by atoms with Gasteiger partial charge in [-0.05, 0) is 48.4 Å². The van der Waals surface area contributed by atoms with Crippen molar-refractivity contribution < 1.29 is 23.4 Å². The van der Waals surface area contributed by atoms with E-state index in [1.54, 1.807) is 32.7 Å². The zero-order chi connectivity index (χ0) is 23.9. The molecule has 7 heteroatoms. The fourth-order valence-corrected chi connectivity index (χ4v) is 3.83. The molecule has 0 bridgehead atoms. The molecular formula is C27H28N2O5. The van der Waals surface area contributed by atoms with Crippen LogP contribution in [-0.4, -0.2) is 30.8 Å². The van der Waals surface area contributed by atoms with Crippen molar-refractivity contribution >= 4 is 16.9 Å². The number of methoxy groups -OCH3 is 1. The Bertz CT molecular complexity index is 1270. The van der Waals surface area contributed by atoms with Crippen LogP contribution in [0.5, 0.6) is 5.75 Å². The van der Waals surface area contributed by atoms with Crippen LogP contribution in [0.1, 0.15) is 23.6 Å². The molecule has 4 rings (SSSR count). The Morgan fingerprint density at radius 3 is 2.79 bits per heavy atom. The van der Waals surface area contributed by atoms with Crippen LogP contribution in [0.25, 0.3) is 22.1 Å². The minimum Gasteiger partial charge on any atom is -0.489 e. The molecule has 1 unspecified atom stereocenters. The topological polar surface area (TPSA) is 96.8 Å². The number of carbonyl (C=O) groups is 1. The molecule has 4 aromatic rings. The summed E-state index contributed by atoms with van der Waals surface area (Å²) >= 11 is 0. The van der Waals surface area contributed by atoms with Gasteiger partial charge in [-0.25, -0.2) is 0 Å². The third kappa shape index (κ3) is 5.62. The molecule has 7 nitrogen and oxygen atoms in total. The van der Waals surface area contributed by atoms with Crippen molar-refractivity contribution in [3.8, 4) is 16.9 Å². The van der Waals surface area contributed by atoms with Gasteiger partial charge in [-0.1, -0.05) is 18.2 Å². The van der Waals surface area contributed by atoms with E-state index in [4.69, 9.17) is 24.4 Å². The van der Waals surface area contributed by atoms with Crippen molar-refractivity contribution in [2.45, 2.75) is 32.6 Å². The van der Waals surface area contributed by atoms with Crippen molar-refractivity contribution in [2.75, 3.05) is 13.7 Å². The number of ether oxygens (including phenoxy) is 3. The minimum atomic E-state index is -0.324. The number of nitrogens with zero attached hydrogens (tertiary/aromatic N) is 1. The van der Waals surface area contributed by atoms with Gasteiger partial charge in [0.15, 0.2) is 0 Å². The van der Waals surface area contributed by atoms with Crippen molar-refractivity contribution in [1.82, 2.24) is 4.98 Å². The highest BCUT2D eigenvalue weighted by molar-refractivity contribution is 5.93. The Morgan fingerprint density at radius 1 is 1.12 bits per heavy atom. The number of nitrogens with two attached hydrogens (primary N) is 1. The number of carbonyl (C=O) groups excluding carboxylic acids is 1. The maximum Gasteiger partial charge on any atom is 0.310 e. The van der Waals surface area contributed by atoms with E-state index in [9.17, 15) is 4.79 Å². The third-order valence-corrected chi connectivity index (χ3v) is 5.39. The smallest absolute Gasteiger partial charge is 0.310 e. The molecule has 0 aliphatic rings. The summed E-state index contributed by atoms with van der Waals surface area (Å²) in [7, 11) is 1.57. The molecule has 1 atom stereocenters. The van der Waals surface area contributed by atoms with Crippen LogP contribution >= 0.6 is 0 Å². The number of furan rings is 1. The van der Waals surface area contributed by atoms with Crippen LogP contribution in [0.2, 0.25) is 0 Å². The second-order valence-electron chi connectivity index (χ2n) is 8.10. The van der Waals surface area contributed by atoms with E-state index in [2.05, 4.69) is 4.98 Å². The first kappa shape index (κ1) is 23.5. The highest BCUT2D eigenvalue weighted by atomic mass is 16.6. The highest BCUT2D eigenvalue weighted by Gasteiger charge is 2.15. The van der Waals surface area contributed by atoms with Gasteiger partial charge >= 0.3 is 5.97 Å². The van der Waals surface area contributed by atoms with Gasteiger partial charge < -0.3 is 24.4 Å². The SMILES string of the molecule is COCC(C)OC(=O)Cc1ccccc1OCc1cc(-c2cncc(CN)c2)c2occc2c1. The number of rotatable bonds is 10. The molecule has 2 heterocycles. The van der Waals surface area contributed by atoms with Crippen LogP contribution in [0.15, 0.2) is 71.6 Å². The van der Waals surface area contributed by atoms with E-state index >= 15 is 0 Å². The van der Waals surface area contributed by atoms with E-state index in [0.717, 1.165) is 38.8 Å². The summed E-state index contributed by atoms with van der Waals surface area (Å²) in [5, 5.41) is 0.971. The number of para-hydroxylation sites is 1. The average molecular weight is 461 g/mol. The molecule has 176 valence electrons. The molecule has 2 aromatic carbocycles. The largest absolute Gasteiger partial charge is 0.489 e. The van der Waals surface area contributed by atoms with Gasteiger partial charge in [0, 0.05) is 48.1 Å². The van der Waals surface area contributed by atoms with Gasteiger partial charge in [0.1, 0.15) is 24.0 Å². The number of hydrogen-bond acceptors (Lipinski definition) is 7. The van der Waals surface area contributed by atoms with E-state index in [0.29, 0.717) is 25.5 Å². The quantitative estimate of drug-likeness (QED) is 0.344. The third-order valence-electron chi connectivity index (χ3n) is 5.39. The van der Waals surface area contributed by atoms with Gasteiger partial charge in [0.05, 0.1) is 19.3 Å². The van der Waals surface area contributed by atoms with Gasteiger partial charge in [0.2, 0.25) is 0 Å². The molecule has 0 aliphatic carbocycles. The standard InChI is InChI=1S/C27H28N2O5/c1-18(16-31-2)34-26(30)12-21-5-3-4-6-25(21)33-17-19-9-22-7-8-32-27(22)24(11-19)23-10-20(13-28)14-29-15-23/h3-11,14-15,18H,12-13,16-17,28H2,1-2H3. The number of aromatic nitrogens is 1. The lowest BCUT2D eigenvalue weighted by molar-refractivity contribution is -0.149. The zero-order valence-corrected chi connectivity index (χ0v) is 19.3. The summed E-state index contributed by atoms with van der Waals surface area (Å²) in [6, 6.07) is 15.5. The van der Waals surface area contributed by atoms with Crippen molar-refractivity contribution in [3.63, 3.8) is 0 Å². The van der Waals surface area contributed by atoms with Gasteiger partial charge in [-0.2, -0.15) is 0 Å². The molecule has 0 saturated heterocycles. The second-order valence-corrected chi connectivity index (χ2v) is 8.10. The molecular weight excluding hydrogens is 432 g/mol. The monoisotopic (exact) mass is 460 g/mol. The van der Waals surface area contributed by atoms with E-state index < -0.39 is 0 Å². The average Bonchev–Trinajstić information content (AvgIpc) is 3.32. The fourth-order valence-electron chi connectivity index (χ4n) is 3.83. The van der Waals surface area contributed by atoms with Crippen molar-refractivity contribution in [3.05, 3.63) is 83.9 Å². The number of esters is 1. The van der Waals surface area contributed by atoms with Crippen LogP contribution in [0.3, 0.4) is 0 Å². The first-order chi connectivity index (χ1) is 16.6. The summed E-state index contributed by atoms with van der Waals surface area (Å²) in [5.41, 5.74) is 11.1. The Labute approximate surface area is 198 Å². The maximum absolute atomic E-state index is 12.3. The fraction of sp³-hybridized carbons (Fsp3) is 0.259. The molecule has 0 spiro atoms. The molecule has 0 radical (unpaired) electrons. The Balaban J connectivity index is 1.54. The van der Waals surface area contributed by atoms with Gasteiger partial charge in [0.25, 0.3) is 0 Å². The first-order valence-electron chi connectivity index (χ1n) is 11.1. The number of benzene rings is 2. The Morgan fingerprint density at radius 2 is 1.97 bits per heavy atom. The summed E-state index contributed by atoms with van der Waals surface area (Å²) in [6.07, 6.45) is 5.04. The summed E-state index contributed by atoms with van der Waals surface area (Å²) in [4.78, 5) is 16.6. The summed E-state index contributed by atoms with van der Waals surface area (Å²) in [6.45, 7) is 2.89. The predicted octanol–water partition coefficient (Wildman–Crippen LogP) is 4.65. The number of fused-ring (bicyclic) bond motifs is 1. The summed E-state index contributed by atoms with van der Waals surface area (Å²) < 4.78 is 22.3. The zero-order valence-electron chi connectivity index (χ0n) is 19.3. The lowest BCUT2D eigenvalue weighted by Crippen LogP contribution is -2.21. The lowest BCUT2D eigenvalue weighted by Gasteiger charge is -2.15. The van der Waals surface area contributed by atoms with Crippen LogP contribution in [0.4, 0.5) is 0 Å². The second kappa shape index (κ2) is 11.0. The number of hydrogen-bond donors (Lipinski definition) is 1. The first-order valence-corrected chi connectivity index (χ1v) is 11.1. The van der Waals surface area contributed by atoms with Crippen LogP contribution < -0.4 is 10.5 Å². The van der Waals surface area contributed by atoms with Crippen LogP contribution in [-0.2, 0) is 33.8 Å². The van der Waals surface area contributed by atoms with Crippen molar-refractivity contribution in [1.29, 1.82) is 0 Å². The normalized spacial score (nSPS) is 12.0. The lowest BCUT2D eigenvalue weighted by atomic mass is 10.0. The number of pyridine rings is 1. The van der Waals surface area contributed by atoms with Gasteiger partial charge in [-0.15, -0.1) is 0 Å². The molecule has 34 heavy (non-hydrogen) atoms. The van der Waals surface area contributed by atoms with E-state index in [-0.39, 0.29) is 18.5 Å². The molecule has 2 N–H and O–H groups in total. The molecule has 0 saturated carbocycles. The van der Waals surface area contributed by atoms with Crippen molar-refractivity contribution in [2.24, 2.45) is 5.73 Å². The molecule has 0 amide bonds. The van der Waals surface area contributed by atoms with E-state index in [1.807, 2.05) is 48.5 Å². The Kier molecular flexibility index (Phi) is 7.57. The highest BCUT2D eigenvalue weighted by Crippen LogP contribution is 2.32. The molecule has 2 aromatic heterocycles. The van der Waals surface area contributed by atoms with Gasteiger partial charge in [-0.3, -0.25) is 9.78 Å². The molecule has 0 aliphatic heterocycles. The Hall–Kier alpha value is -3.68. The summed E-state index contributed by atoms with van der Waals surface area (Å²) in [5.74, 6) is 0.314. The maximum atomic E-state index is 12.3. The molecule has 0 fully saturated rings.